The lowest BCUT2D eigenvalue weighted by atomic mass is 10.1. The van der Waals surface area contributed by atoms with Gasteiger partial charge in [-0.1, -0.05) is 11.6 Å². The SMILES string of the molecule is O=C(NCCN1CC(C(=O)O)CC1=O)c1ccc(Cl)cc1. The van der Waals surface area contributed by atoms with Gasteiger partial charge in [0.1, 0.15) is 0 Å². The fourth-order valence-electron chi connectivity index (χ4n) is 2.16. The van der Waals surface area contributed by atoms with Crippen molar-refractivity contribution in [3.05, 3.63) is 34.9 Å². The minimum Gasteiger partial charge on any atom is -0.481 e. The fourth-order valence-corrected chi connectivity index (χ4v) is 2.29. The van der Waals surface area contributed by atoms with Crippen LogP contribution in [-0.2, 0) is 9.59 Å². The molecule has 0 bridgehead atoms. The molecule has 1 fully saturated rings. The normalized spacial score (nSPS) is 17.9. The average Bonchev–Trinajstić information content (AvgIpc) is 2.81. The molecule has 0 spiro atoms. The van der Waals surface area contributed by atoms with Crippen molar-refractivity contribution in [3.8, 4) is 0 Å². The zero-order valence-electron chi connectivity index (χ0n) is 11.2. The Morgan fingerprint density at radius 3 is 2.57 bits per heavy atom. The Morgan fingerprint density at radius 2 is 2.00 bits per heavy atom. The van der Waals surface area contributed by atoms with Gasteiger partial charge in [-0.05, 0) is 24.3 Å². The maximum absolute atomic E-state index is 11.8. The van der Waals surface area contributed by atoms with E-state index in [0.717, 1.165) is 0 Å². The number of nitrogens with one attached hydrogen (secondary N) is 1. The Kier molecular flexibility index (Phi) is 4.80. The van der Waals surface area contributed by atoms with Crippen LogP contribution in [0.5, 0.6) is 0 Å². The summed E-state index contributed by atoms with van der Waals surface area (Å²) in [6.07, 6.45) is 0.0282. The number of carbonyl (C=O) groups is 3. The van der Waals surface area contributed by atoms with Crippen molar-refractivity contribution in [1.29, 1.82) is 0 Å². The van der Waals surface area contributed by atoms with Crippen LogP contribution in [0.15, 0.2) is 24.3 Å². The van der Waals surface area contributed by atoms with Gasteiger partial charge in [0.25, 0.3) is 5.91 Å². The summed E-state index contributed by atoms with van der Waals surface area (Å²) >= 11 is 5.74. The van der Waals surface area contributed by atoms with Crippen molar-refractivity contribution in [2.75, 3.05) is 19.6 Å². The van der Waals surface area contributed by atoms with Gasteiger partial charge in [0.2, 0.25) is 5.91 Å². The summed E-state index contributed by atoms with van der Waals surface area (Å²) in [5.41, 5.74) is 0.482. The molecule has 1 aliphatic heterocycles. The molecule has 2 rings (SSSR count). The molecule has 7 heteroatoms. The third-order valence-electron chi connectivity index (χ3n) is 3.34. The lowest BCUT2D eigenvalue weighted by Gasteiger charge is -2.16. The summed E-state index contributed by atoms with van der Waals surface area (Å²) in [6, 6.07) is 6.47. The topological polar surface area (TPSA) is 86.7 Å². The Labute approximate surface area is 126 Å². The highest BCUT2D eigenvalue weighted by Gasteiger charge is 2.33. The number of hydrogen-bond acceptors (Lipinski definition) is 3. The number of nitrogens with zero attached hydrogens (tertiary/aromatic N) is 1. The number of hydrogen-bond donors (Lipinski definition) is 2. The molecule has 0 saturated carbocycles. The van der Waals surface area contributed by atoms with Crippen molar-refractivity contribution in [2.45, 2.75) is 6.42 Å². The number of likely N-dealkylation sites (tertiary alicyclic amines) is 1. The van der Waals surface area contributed by atoms with Crippen LogP contribution in [0.3, 0.4) is 0 Å². The number of carbonyl (C=O) groups excluding carboxylic acids is 2. The standard InChI is InChI=1S/C14H15ClN2O4/c15-11-3-1-9(2-4-11)13(19)16-5-6-17-8-10(14(20)21)7-12(17)18/h1-4,10H,5-8H2,(H,16,19)(H,20,21). The third kappa shape index (κ3) is 3.95. The summed E-state index contributed by atoms with van der Waals surface area (Å²) < 4.78 is 0. The zero-order valence-corrected chi connectivity index (χ0v) is 12.0. The first-order valence-corrected chi connectivity index (χ1v) is 6.89. The number of carboxylic acids is 1. The quantitative estimate of drug-likeness (QED) is 0.849. The average molecular weight is 311 g/mol. The highest BCUT2D eigenvalue weighted by molar-refractivity contribution is 6.30. The summed E-state index contributed by atoms with van der Waals surface area (Å²) in [7, 11) is 0. The van der Waals surface area contributed by atoms with Crippen LogP contribution in [-0.4, -0.2) is 47.4 Å². The Balaban J connectivity index is 1.79. The molecular formula is C14H15ClN2O4. The molecule has 0 aromatic heterocycles. The van der Waals surface area contributed by atoms with Gasteiger partial charge in [-0.2, -0.15) is 0 Å². The van der Waals surface area contributed by atoms with Gasteiger partial charge >= 0.3 is 5.97 Å². The Morgan fingerprint density at radius 1 is 1.33 bits per heavy atom. The van der Waals surface area contributed by atoms with E-state index in [1.54, 1.807) is 24.3 Å². The van der Waals surface area contributed by atoms with Gasteiger partial charge < -0.3 is 15.3 Å². The monoisotopic (exact) mass is 310 g/mol. The second-order valence-corrected chi connectivity index (χ2v) is 5.28. The van der Waals surface area contributed by atoms with Crippen LogP contribution in [0, 0.1) is 5.92 Å². The van der Waals surface area contributed by atoms with Crippen LogP contribution in [0.25, 0.3) is 0 Å². The Hall–Kier alpha value is -2.08. The van der Waals surface area contributed by atoms with Crippen molar-refractivity contribution < 1.29 is 19.5 Å². The van der Waals surface area contributed by atoms with Crippen molar-refractivity contribution in [2.24, 2.45) is 5.92 Å². The zero-order chi connectivity index (χ0) is 15.4. The number of aliphatic carboxylic acids is 1. The van der Waals surface area contributed by atoms with Crippen molar-refractivity contribution in [3.63, 3.8) is 0 Å². The van der Waals surface area contributed by atoms with Gasteiger partial charge in [0.15, 0.2) is 0 Å². The molecule has 21 heavy (non-hydrogen) atoms. The minimum absolute atomic E-state index is 0.0282. The number of carboxylic acid groups (broad SMARTS) is 1. The van der Waals surface area contributed by atoms with E-state index in [1.165, 1.54) is 4.90 Å². The van der Waals surface area contributed by atoms with Gasteiger partial charge in [0, 0.05) is 36.6 Å². The molecule has 112 valence electrons. The van der Waals surface area contributed by atoms with Crippen molar-refractivity contribution in [1.82, 2.24) is 10.2 Å². The molecule has 1 atom stereocenters. The molecule has 2 N–H and O–H groups in total. The van der Waals surface area contributed by atoms with Gasteiger partial charge in [0.05, 0.1) is 5.92 Å². The van der Waals surface area contributed by atoms with E-state index in [4.69, 9.17) is 16.7 Å². The van der Waals surface area contributed by atoms with Gasteiger partial charge in [-0.3, -0.25) is 14.4 Å². The molecule has 1 heterocycles. The molecule has 0 aliphatic carbocycles. The minimum atomic E-state index is -0.962. The molecule has 1 aromatic rings. The molecule has 1 unspecified atom stereocenters. The molecule has 0 radical (unpaired) electrons. The molecule has 6 nitrogen and oxygen atoms in total. The lowest BCUT2D eigenvalue weighted by molar-refractivity contribution is -0.141. The first kappa shape index (κ1) is 15.3. The molecule has 1 aromatic carbocycles. The first-order valence-electron chi connectivity index (χ1n) is 6.51. The summed E-state index contributed by atoms with van der Waals surface area (Å²) in [4.78, 5) is 35.7. The second-order valence-electron chi connectivity index (χ2n) is 4.84. The third-order valence-corrected chi connectivity index (χ3v) is 3.59. The van der Waals surface area contributed by atoms with E-state index >= 15 is 0 Å². The van der Waals surface area contributed by atoms with Gasteiger partial charge in [-0.15, -0.1) is 0 Å². The smallest absolute Gasteiger partial charge is 0.308 e. The van der Waals surface area contributed by atoms with Crippen LogP contribution in [0.1, 0.15) is 16.8 Å². The van der Waals surface area contributed by atoms with Crippen molar-refractivity contribution >= 4 is 29.4 Å². The van der Waals surface area contributed by atoms with E-state index in [2.05, 4.69) is 5.32 Å². The second kappa shape index (κ2) is 6.58. The van der Waals surface area contributed by atoms with Crippen LogP contribution in [0.4, 0.5) is 0 Å². The van der Waals surface area contributed by atoms with E-state index in [1.807, 2.05) is 0 Å². The van der Waals surface area contributed by atoms with Crippen LogP contribution >= 0.6 is 11.6 Å². The van der Waals surface area contributed by atoms with Crippen LogP contribution in [0.2, 0.25) is 5.02 Å². The molecule has 1 saturated heterocycles. The Bertz CT molecular complexity index is 559. The maximum atomic E-state index is 11.8. The summed E-state index contributed by atoms with van der Waals surface area (Å²) in [5.74, 6) is -2.06. The van der Waals surface area contributed by atoms with E-state index in [-0.39, 0.29) is 31.3 Å². The highest BCUT2D eigenvalue weighted by Crippen LogP contribution is 2.17. The molecule has 1 aliphatic rings. The van der Waals surface area contributed by atoms with Gasteiger partial charge in [-0.25, -0.2) is 0 Å². The molecule has 2 amide bonds. The lowest BCUT2D eigenvalue weighted by Crippen LogP contribution is -2.36. The first-order chi connectivity index (χ1) is 9.97. The predicted octanol–water partition coefficient (Wildman–Crippen LogP) is 1.00. The van der Waals surface area contributed by atoms with E-state index in [9.17, 15) is 14.4 Å². The fraction of sp³-hybridized carbons (Fsp3) is 0.357. The van der Waals surface area contributed by atoms with E-state index < -0.39 is 11.9 Å². The molecular weight excluding hydrogens is 296 g/mol. The number of benzene rings is 1. The maximum Gasteiger partial charge on any atom is 0.308 e. The largest absolute Gasteiger partial charge is 0.481 e. The number of amides is 2. The number of halogens is 1. The highest BCUT2D eigenvalue weighted by atomic mass is 35.5. The summed E-state index contributed by atoms with van der Waals surface area (Å²) in [5, 5.41) is 12.1. The van der Waals surface area contributed by atoms with E-state index in [0.29, 0.717) is 17.1 Å². The predicted molar refractivity (Wildman–Crippen MR) is 76.1 cm³/mol. The number of rotatable bonds is 5. The van der Waals surface area contributed by atoms with Crippen LogP contribution < -0.4 is 5.32 Å². The summed E-state index contributed by atoms with van der Waals surface area (Å²) in [6.45, 7) is 0.784.